The van der Waals surface area contributed by atoms with Crippen LogP contribution in [0.4, 0.5) is 0 Å². The zero-order valence-corrected chi connectivity index (χ0v) is 17.8. The Hall–Kier alpha value is -2.45. The van der Waals surface area contributed by atoms with Crippen LogP contribution in [0.2, 0.25) is 0 Å². The summed E-state index contributed by atoms with van der Waals surface area (Å²) in [5, 5.41) is 21.6. The second-order valence-corrected chi connectivity index (χ2v) is 9.22. The third-order valence-electron chi connectivity index (χ3n) is 7.34. The number of aliphatic hydroxyl groups excluding tert-OH is 2. The first-order chi connectivity index (χ1) is 15.2. The Morgan fingerprint density at radius 1 is 1.10 bits per heavy atom. The van der Waals surface area contributed by atoms with Gasteiger partial charge in [-0.2, -0.15) is 0 Å². The van der Waals surface area contributed by atoms with E-state index in [1.54, 1.807) is 12.4 Å². The Morgan fingerprint density at radius 2 is 1.97 bits per heavy atom. The number of fused-ring (bicyclic) bond motifs is 3. The van der Waals surface area contributed by atoms with Crippen molar-refractivity contribution in [3.63, 3.8) is 0 Å². The third kappa shape index (κ3) is 3.94. The van der Waals surface area contributed by atoms with Crippen molar-refractivity contribution < 1.29 is 10.2 Å². The Labute approximate surface area is 184 Å². The molecule has 0 radical (unpaired) electrons. The SMILES string of the molecule is OC1CC=C(C2CC3CCN2C(C#Cc2cccnc2)(Cc2ccccc2)C3O)CC1. The number of piperidine rings is 3. The smallest absolute Gasteiger partial charge is 0.114 e. The van der Waals surface area contributed by atoms with E-state index in [9.17, 15) is 10.2 Å². The van der Waals surface area contributed by atoms with Crippen LogP contribution < -0.4 is 0 Å². The molecule has 2 aromatic rings. The van der Waals surface area contributed by atoms with Crippen LogP contribution in [-0.4, -0.2) is 50.4 Å². The molecule has 4 heteroatoms. The fourth-order valence-electron chi connectivity index (χ4n) is 5.73. The van der Waals surface area contributed by atoms with Crippen molar-refractivity contribution in [1.82, 2.24) is 9.88 Å². The van der Waals surface area contributed by atoms with Crippen molar-refractivity contribution in [1.29, 1.82) is 0 Å². The Morgan fingerprint density at radius 3 is 2.71 bits per heavy atom. The van der Waals surface area contributed by atoms with Gasteiger partial charge < -0.3 is 10.2 Å². The molecule has 6 unspecified atom stereocenters. The topological polar surface area (TPSA) is 56.6 Å². The predicted molar refractivity (Wildman–Crippen MR) is 121 cm³/mol. The van der Waals surface area contributed by atoms with Gasteiger partial charge in [-0.3, -0.25) is 9.88 Å². The highest BCUT2D eigenvalue weighted by atomic mass is 16.3. The Kier molecular flexibility index (Phi) is 5.67. The molecule has 1 aliphatic carbocycles. The molecular formula is C27H30N2O2. The van der Waals surface area contributed by atoms with Gasteiger partial charge in [0.2, 0.25) is 0 Å². The second-order valence-electron chi connectivity index (χ2n) is 9.22. The number of pyridine rings is 1. The van der Waals surface area contributed by atoms with E-state index in [1.165, 1.54) is 11.1 Å². The third-order valence-corrected chi connectivity index (χ3v) is 7.34. The second kappa shape index (κ2) is 8.59. The van der Waals surface area contributed by atoms with Gasteiger partial charge in [0.1, 0.15) is 5.54 Å². The van der Waals surface area contributed by atoms with Crippen molar-refractivity contribution in [2.45, 2.75) is 62.3 Å². The average molecular weight is 415 g/mol. The molecule has 4 nitrogen and oxygen atoms in total. The van der Waals surface area contributed by atoms with Gasteiger partial charge in [-0.25, -0.2) is 0 Å². The van der Waals surface area contributed by atoms with Crippen molar-refractivity contribution in [2.75, 3.05) is 6.54 Å². The maximum Gasteiger partial charge on any atom is 0.114 e. The summed E-state index contributed by atoms with van der Waals surface area (Å²) in [6, 6.07) is 14.6. The molecule has 4 heterocycles. The lowest BCUT2D eigenvalue weighted by Crippen LogP contribution is -2.71. The molecule has 6 rings (SSSR count). The van der Waals surface area contributed by atoms with Crippen molar-refractivity contribution in [3.05, 3.63) is 77.6 Å². The number of aromatic nitrogens is 1. The standard InChI is InChI=1S/C27H30N2O2/c30-24-10-8-22(9-11-24)25-17-23-13-16-29(25)27(26(23)31,18-20-5-2-1-3-6-20)14-12-21-7-4-15-28-19-21/h1-8,15,19,23-26,30-31H,9-11,13,16-18H2. The van der Waals surface area contributed by atoms with Crippen LogP contribution in [0.15, 0.2) is 66.5 Å². The summed E-state index contributed by atoms with van der Waals surface area (Å²) in [4.78, 5) is 6.69. The van der Waals surface area contributed by atoms with Crippen LogP contribution in [0.5, 0.6) is 0 Å². The summed E-state index contributed by atoms with van der Waals surface area (Å²) < 4.78 is 0. The zero-order valence-electron chi connectivity index (χ0n) is 17.8. The Bertz CT molecular complexity index is 994. The van der Waals surface area contributed by atoms with E-state index >= 15 is 0 Å². The molecular weight excluding hydrogens is 384 g/mol. The van der Waals surface area contributed by atoms with E-state index in [-0.39, 0.29) is 12.0 Å². The molecule has 160 valence electrons. The lowest BCUT2D eigenvalue weighted by atomic mass is 9.65. The van der Waals surface area contributed by atoms with E-state index in [0.717, 1.165) is 44.2 Å². The molecule has 1 aromatic heterocycles. The summed E-state index contributed by atoms with van der Waals surface area (Å²) in [6.07, 6.45) is 10.3. The first kappa shape index (κ1) is 20.5. The fraction of sp³-hybridized carbons (Fsp3) is 0.444. The van der Waals surface area contributed by atoms with Gasteiger partial charge in [-0.1, -0.05) is 53.8 Å². The Balaban J connectivity index is 1.57. The quantitative estimate of drug-likeness (QED) is 0.598. The molecule has 3 fully saturated rings. The number of hydrogen-bond donors (Lipinski definition) is 2. The largest absolute Gasteiger partial charge is 0.393 e. The molecule has 4 aliphatic rings. The van der Waals surface area contributed by atoms with Gasteiger partial charge in [0.25, 0.3) is 0 Å². The average Bonchev–Trinajstić information content (AvgIpc) is 2.82. The maximum atomic E-state index is 11.6. The number of rotatable bonds is 3. The highest BCUT2D eigenvalue weighted by Crippen LogP contribution is 2.47. The number of benzene rings is 1. The van der Waals surface area contributed by atoms with Crippen LogP contribution in [0.25, 0.3) is 0 Å². The van der Waals surface area contributed by atoms with Crippen molar-refractivity contribution in [2.24, 2.45) is 5.92 Å². The first-order valence-corrected chi connectivity index (χ1v) is 11.4. The summed E-state index contributed by atoms with van der Waals surface area (Å²) in [5.74, 6) is 7.16. The van der Waals surface area contributed by atoms with Gasteiger partial charge >= 0.3 is 0 Å². The van der Waals surface area contributed by atoms with Gasteiger partial charge in [-0.15, -0.1) is 0 Å². The molecule has 6 atom stereocenters. The van der Waals surface area contributed by atoms with Crippen molar-refractivity contribution >= 4 is 0 Å². The molecule has 2 bridgehead atoms. The normalized spacial score (nSPS) is 34.5. The predicted octanol–water partition coefficient (Wildman–Crippen LogP) is 3.34. The van der Waals surface area contributed by atoms with Crippen LogP contribution in [-0.2, 0) is 6.42 Å². The van der Waals surface area contributed by atoms with Gasteiger partial charge in [-0.05, 0) is 55.7 Å². The lowest BCUT2D eigenvalue weighted by Gasteiger charge is -2.59. The molecule has 2 N–H and O–H groups in total. The van der Waals surface area contributed by atoms with Gasteiger partial charge in [0.05, 0.1) is 12.2 Å². The zero-order chi connectivity index (χ0) is 21.3. The molecule has 3 aliphatic heterocycles. The molecule has 3 saturated heterocycles. The van der Waals surface area contributed by atoms with Gasteiger partial charge in [0.15, 0.2) is 0 Å². The van der Waals surface area contributed by atoms with Gasteiger partial charge in [0, 0.05) is 37.0 Å². The van der Waals surface area contributed by atoms with Crippen LogP contribution >= 0.6 is 0 Å². The maximum absolute atomic E-state index is 11.6. The molecule has 0 saturated carbocycles. The minimum absolute atomic E-state index is 0.218. The minimum Gasteiger partial charge on any atom is -0.393 e. The van der Waals surface area contributed by atoms with Crippen LogP contribution in [0, 0.1) is 17.8 Å². The number of nitrogens with zero attached hydrogens (tertiary/aromatic N) is 2. The van der Waals surface area contributed by atoms with E-state index < -0.39 is 11.6 Å². The fourth-order valence-corrected chi connectivity index (χ4v) is 5.73. The van der Waals surface area contributed by atoms with Crippen molar-refractivity contribution in [3.8, 4) is 11.8 Å². The highest BCUT2D eigenvalue weighted by Gasteiger charge is 2.56. The van der Waals surface area contributed by atoms with Crippen LogP contribution in [0.3, 0.4) is 0 Å². The summed E-state index contributed by atoms with van der Waals surface area (Å²) >= 11 is 0. The van der Waals surface area contributed by atoms with E-state index in [1.807, 2.05) is 18.2 Å². The summed E-state index contributed by atoms with van der Waals surface area (Å²) in [6.45, 7) is 0.945. The molecule has 0 spiro atoms. The molecule has 1 aromatic carbocycles. The van der Waals surface area contributed by atoms with E-state index in [0.29, 0.717) is 12.5 Å². The van der Waals surface area contributed by atoms with E-state index in [2.05, 4.69) is 52.1 Å². The molecule has 0 amide bonds. The van der Waals surface area contributed by atoms with Crippen LogP contribution in [0.1, 0.15) is 43.2 Å². The minimum atomic E-state index is -0.625. The highest BCUT2D eigenvalue weighted by molar-refractivity contribution is 5.40. The summed E-state index contributed by atoms with van der Waals surface area (Å²) in [5.41, 5.74) is 2.87. The number of aliphatic hydroxyl groups is 2. The first-order valence-electron chi connectivity index (χ1n) is 11.4. The summed E-state index contributed by atoms with van der Waals surface area (Å²) in [7, 11) is 0. The van der Waals surface area contributed by atoms with E-state index in [4.69, 9.17) is 0 Å². The number of hydrogen-bond acceptors (Lipinski definition) is 4. The lowest BCUT2D eigenvalue weighted by molar-refractivity contribution is -0.127. The monoisotopic (exact) mass is 414 g/mol. The molecule has 31 heavy (non-hydrogen) atoms.